The molecule has 4 unspecified atom stereocenters. The third-order valence-corrected chi connectivity index (χ3v) is 5.00. The molecular formula is C14H29N. The van der Waals surface area contributed by atoms with Crippen LogP contribution in [-0.2, 0) is 0 Å². The predicted molar refractivity (Wildman–Crippen MR) is 67.7 cm³/mol. The summed E-state index contributed by atoms with van der Waals surface area (Å²) in [4.78, 5) is 0. The number of hydrogen-bond donors (Lipinski definition) is 1. The van der Waals surface area contributed by atoms with Gasteiger partial charge in [-0.05, 0) is 36.0 Å². The molecule has 90 valence electrons. The molecule has 15 heavy (non-hydrogen) atoms. The van der Waals surface area contributed by atoms with Crippen molar-refractivity contribution in [2.45, 2.75) is 66.3 Å². The van der Waals surface area contributed by atoms with Crippen molar-refractivity contribution in [3.63, 3.8) is 0 Å². The lowest BCUT2D eigenvalue weighted by molar-refractivity contribution is 0.0608. The molecule has 4 atom stereocenters. The summed E-state index contributed by atoms with van der Waals surface area (Å²) in [5.74, 6) is 2.34. The Bertz CT molecular complexity index is 198. The minimum Gasteiger partial charge on any atom is -0.327 e. The average Bonchev–Trinajstić information content (AvgIpc) is 2.15. The van der Waals surface area contributed by atoms with Crippen LogP contribution in [0.5, 0.6) is 0 Å². The largest absolute Gasteiger partial charge is 0.327 e. The van der Waals surface area contributed by atoms with Crippen molar-refractivity contribution in [1.82, 2.24) is 0 Å². The lowest BCUT2D eigenvalue weighted by Gasteiger charge is -2.46. The first-order valence-corrected chi connectivity index (χ1v) is 6.65. The van der Waals surface area contributed by atoms with Crippen molar-refractivity contribution >= 4 is 0 Å². The zero-order valence-electron chi connectivity index (χ0n) is 11.2. The van der Waals surface area contributed by atoms with Gasteiger partial charge >= 0.3 is 0 Å². The monoisotopic (exact) mass is 211 g/mol. The zero-order chi connectivity index (χ0) is 11.6. The van der Waals surface area contributed by atoms with Gasteiger partial charge in [-0.25, -0.2) is 0 Å². The normalized spacial score (nSPS) is 35.2. The Labute approximate surface area is 95.8 Å². The van der Waals surface area contributed by atoms with Gasteiger partial charge in [0.05, 0.1) is 0 Å². The Kier molecular flexibility index (Phi) is 4.22. The highest BCUT2D eigenvalue weighted by Gasteiger charge is 2.39. The van der Waals surface area contributed by atoms with E-state index in [4.69, 9.17) is 5.73 Å². The zero-order valence-corrected chi connectivity index (χ0v) is 11.2. The summed E-state index contributed by atoms with van der Waals surface area (Å²) in [7, 11) is 0. The maximum Gasteiger partial charge on any atom is 0.00748 e. The summed E-state index contributed by atoms with van der Waals surface area (Å²) in [6.07, 6.45) is 5.20. The average molecular weight is 211 g/mol. The third kappa shape index (κ3) is 2.75. The van der Waals surface area contributed by atoms with Crippen LogP contribution in [0.3, 0.4) is 0 Å². The molecule has 2 N–H and O–H groups in total. The summed E-state index contributed by atoms with van der Waals surface area (Å²) in [6, 6.07) is 0.428. The molecule has 0 aliphatic heterocycles. The number of hydrogen-bond acceptors (Lipinski definition) is 1. The van der Waals surface area contributed by atoms with Gasteiger partial charge in [0.25, 0.3) is 0 Å². The van der Waals surface area contributed by atoms with Crippen molar-refractivity contribution in [3.8, 4) is 0 Å². The molecule has 1 rings (SSSR count). The molecule has 0 aromatic heterocycles. The van der Waals surface area contributed by atoms with Crippen molar-refractivity contribution in [2.24, 2.45) is 28.9 Å². The maximum absolute atomic E-state index is 6.35. The summed E-state index contributed by atoms with van der Waals surface area (Å²) in [5.41, 5.74) is 6.76. The minimum atomic E-state index is 0.411. The Hall–Kier alpha value is -0.0400. The molecule has 0 bridgehead atoms. The van der Waals surface area contributed by atoms with Crippen molar-refractivity contribution in [3.05, 3.63) is 0 Å². The van der Waals surface area contributed by atoms with E-state index in [0.29, 0.717) is 11.5 Å². The fourth-order valence-electron chi connectivity index (χ4n) is 3.24. The van der Waals surface area contributed by atoms with E-state index in [1.165, 1.54) is 25.7 Å². The molecule has 0 spiro atoms. The first-order valence-electron chi connectivity index (χ1n) is 6.65. The van der Waals surface area contributed by atoms with Gasteiger partial charge in [-0.2, -0.15) is 0 Å². The Morgan fingerprint density at radius 3 is 2.40 bits per heavy atom. The second kappa shape index (κ2) is 4.86. The van der Waals surface area contributed by atoms with E-state index in [2.05, 4.69) is 34.6 Å². The topological polar surface area (TPSA) is 26.0 Å². The Balaban J connectivity index is 2.69. The van der Waals surface area contributed by atoms with Crippen LogP contribution in [-0.4, -0.2) is 6.04 Å². The maximum atomic E-state index is 6.35. The van der Waals surface area contributed by atoms with Gasteiger partial charge in [0.1, 0.15) is 0 Å². The lowest BCUT2D eigenvalue weighted by Crippen LogP contribution is -2.46. The molecular weight excluding hydrogens is 182 g/mol. The molecule has 1 aliphatic rings. The summed E-state index contributed by atoms with van der Waals surface area (Å²) in [6.45, 7) is 11.9. The first-order chi connectivity index (χ1) is 6.89. The lowest BCUT2D eigenvalue weighted by atomic mass is 9.61. The smallest absolute Gasteiger partial charge is 0.00748 e. The Morgan fingerprint density at radius 1 is 1.33 bits per heavy atom. The van der Waals surface area contributed by atoms with E-state index in [-0.39, 0.29) is 0 Å². The molecule has 0 aromatic rings. The fraction of sp³-hybridized carbons (Fsp3) is 1.00. The molecule has 0 saturated heterocycles. The molecule has 1 nitrogen and oxygen atoms in total. The minimum absolute atomic E-state index is 0.411. The van der Waals surface area contributed by atoms with Gasteiger partial charge in [-0.1, -0.05) is 47.5 Å². The van der Waals surface area contributed by atoms with Crippen LogP contribution in [0.1, 0.15) is 60.3 Å². The molecule has 1 aliphatic carbocycles. The van der Waals surface area contributed by atoms with Crippen molar-refractivity contribution in [2.75, 3.05) is 0 Å². The molecule has 1 fully saturated rings. The molecule has 0 aromatic carbocycles. The SMILES string of the molecule is CCC(C)C(C)(C)C1CCC(C)CC1N. The quantitative estimate of drug-likeness (QED) is 0.754. The van der Waals surface area contributed by atoms with Gasteiger partial charge in [0, 0.05) is 6.04 Å². The van der Waals surface area contributed by atoms with Crippen LogP contribution in [0.15, 0.2) is 0 Å². The second-order valence-corrected chi connectivity index (χ2v) is 6.32. The van der Waals surface area contributed by atoms with Crippen LogP contribution >= 0.6 is 0 Å². The van der Waals surface area contributed by atoms with Crippen LogP contribution < -0.4 is 5.73 Å². The predicted octanol–water partition coefficient (Wildman–Crippen LogP) is 3.82. The van der Waals surface area contributed by atoms with E-state index in [9.17, 15) is 0 Å². The summed E-state index contributed by atoms with van der Waals surface area (Å²) in [5, 5.41) is 0. The highest BCUT2D eigenvalue weighted by Crippen LogP contribution is 2.44. The van der Waals surface area contributed by atoms with E-state index in [0.717, 1.165) is 17.8 Å². The van der Waals surface area contributed by atoms with Crippen LogP contribution in [0.4, 0.5) is 0 Å². The number of rotatable bonds is 3. The summed E-state index contributed by atoms with van der Waals surface area (Å²) < 4.78 is 0. The molecule has 1 heteroatoms. The number of nitrogens with two attached hydrogens (primary N) is 1. The van der Waals surface area contributed by atoms with Crippen LogP contribution in [0.2, 0.25) is 0 Å². The highest BCUT2D eigenvalue weighted by molar-refractivity contribution is 4.92. The van der Waals surface area contributed by atoms with E-state index in [1.807, 2.05) is 0 Å². The van der Waals surface area contributed by atoms with Gasteiger partial charge in [0.2, 0.25) is 0 Å². The van der Waals surface area contributed by atoms with Crippen LogP contribution in [0.25, 0.3) is 0 Å². The van der Waals surface area contributed by atoms with Crippen LogP contribution in [0, 0.1) is 23.2 Å². The van der Waals surface area contributed by atoms with E-state index in [1.54, 1.807) is 0 Å². The first kappa shape index (κ1) is 13.0. The standard InChI is InChI=1S/C14H29N/c1-6-11(3)14(4,5)12-8-7-10(2)9-13(12)15/h10-13H,6-9,15H2,1-5H3. The van der Waals surface area contributed by atoms with Crippen molar-refractivity contribution in [1.29, 1.82) is 0 Å². The molecule has 0 radical (unpaired) electrons. The van der Waals surface area contributed by atoms with E-state index >= 15 is 0 Å². The van der Waals surface area contributed by atoms with Gasteiger partial charge in [-0.15, -0.1) is 0 Å². The highest BCUT2D eigenvalue weighted by atomic mass is 14.7. The molecule has 0 amide bonds. The molecule has 1 saturated carbocycles. The van der Waals surface area contributed by atoms with E-state index < -0.39 is 0 Å². The Morgan fingerprint density at radius 2 is 1.93 bits per heavy atom. The summed E-state index contributed by atoms with van der Waals surface area (Å²) >= 11 is 0. The second-order valence-electron chi connectivity index (χ2n) is 6.32. The molecule has 0 heterocycles. The van der Waals surface area contributed by atoms with Gasteiger partial charge in [0.15, 0.2) is 0 Å². The van der Waals surface area contributed by atoms with Gasteiger partial charge < -0.3 is 5.73 Å². The van der Waals surface area contributed by atoms with Gasteiger partial charge in [-0.3, -0.25) is 0 Å². The third-order valence-electron chi connectivity index (χ3n) is 5.00. The fourth-order valence-corrected chi connectivity index (χ4v) is 3.24. The van der Waals surface area contributed by atoms with Crippen molar-refractivity contribution < 1.29 is 0 Å².